The van der Waals surface area contributed by atoms with Gasteiger partial charge >= 0.3 is 0 Å². The zero-order valence-corrected chi connectivity index (χ0v) is 16.8. The molecular weight excluding hydrogens is 374 g/mol. The molecular formula is C20H23N5O2S. The molecule has 1 aliphatic rings. The Morgan fingerprint density at radius 2 is 2.11 bits per heavy atom. The number of nitrogens with zero attached hydrogens (tertiary/aromatic N) is 4. The number of benzene rings is 1. The zero-order valence-electron chi connectivity index (χ0n) is 16.0. The predicted octanol–water partition coefficient (Wildman–Crippen LogP) is 2.55. The van der Waals surface area contributed by atoms with E-state index in [1.165, 1.54) is 21.9 Å². The van der Waals surface area contributed by atoms with Crippen molar-refractivity contribution in [1.29, 1.82) is 0 Å². The summed E-state index contributed by atoms with van der Waals surface area (Å²) in [6.45, 7) is 5.23. The summed E-state index contributed by atoms with van der Waals surface area (Å²) >= 11 is 1.39. The number of aromatic nitrogens is 3. The van der Waals surface area contributed by atoms with Crippen LogP contribution in [0.2, 0.25) is 0 Å². The van der Waals surface area contributed by atoms with E-state index in [0.29, 0.717) is 17.2 Å². The summed E-state index contributed by atoms with van der Waals surface area (Å²) in [5.74, 6) is -0.0355. The number of nitrogens with one attached hydrogen (secondary N) is 1. The Hall–Kier alpha value is -2.74. The number of anilines is 1. The Kier molecular flexibility index (Phi) is 5.13. The number of piperidine rings is 1. The topological polar surface area (TPSA) is 79.6 Å². The molecule has 2 aromatic heterocycles. The minimum Gasteiger partial charge on any atom is -0.349 e. The minimum atomic E-state index is -0.173. The van der Waals surface area contributed by atoms with Crippen LogP contribution in [0, 0.1) is 12.8 Å². The van der Waals surface area contributed by atoms with Crippen molar-refractivity contribution >= 4 is 27.3 Å². The average Bonchev–Trinajstić information content (AvgIpc) is 3.13. The highest BCUT2D eigenvalue weighted by molar-refractivity contribution is 7.20. The lowest BCUT2D eigenvalue weighted by molar-refractivity contribution is -0.125. The maximum absolute atomic E-state index is 12.8. The van der Waals surface area contributed by atoms with Gasteiger partial charge in [-0.3, -0.25) is 9.59 Å². The molecule has 0 bridgehead atoms. The summed E-state index contributed by atoms with van der Waals surface area (Å²) in [6, 6.07) is 11.4. The fourth-order valence-electron chi connectivity index (χ4n) is 3.56. The second kappa shape index (κ2) is 7.71. The Morgan fingerprint density at radius 1 is 1.32 bits per heavy atom. The molecule has 1 saturated heterocycles. The molecule has 8 heteroatoms. The number of hydrogen-bond acceptors (Lipinski definition) is 6. The van der Waals surface area contributed by atoms with Gasteiger partial charge in [-0.2, -0.15) is 4.52 Å². The predicted molar refractivity (Wildman–Crippen MR) is 110 cm³/mol. The van der Waals surface area contributed by atoms with Gasteiger partial charge in [0.2, 0.25) is 16.0 Å². The van der Waals surface area contributed by atoms with Gasteiger partial charge in [-0.25, -0.2) is 4.98 Å². The van der Waals surface area contributed by atoms with Gasteiger partial charge in [0.25, 0.3) is 5.56 Å². The highest BCUT2D eigenvalue weighted by Crippen LogP contribution is 2.27. The van der Waals surface area contributed by atoms with Crippen molar-refractivity contribution in [2.75, 3.05) is 18.0 Å². The van der Waals surface area contributed by atoms with Crippen molar-refractivity contribution in [3.05, 3.63) is 58.0 Å². The maximum atomic E-state index is 12.8. The summed E-state index contributed by atoms with van der Waals surface area (Å²) in [4.78, 5) is 32.0. The minimum absolute atomic E-state index is 0.0303. The average molecular weight is 398 g/mol. The molecule has 1 aromatic carbocycles. The van der Waals surface area contributed by atoms with Crippen LogP contribution in [0.1, 0.15) is 37.1 Å². The molecule has 0 spiro atoms. The second-order valence-electron chi connectivity index (χ2n) is 7.24. The van der Waals surface area contributed by atoms with Crippen LogP contribution < -0.4 is 15.8 Å². The third-order valence-electron chi connectivity index (χ3n) is 5.08. The molecule has 1 aliphatic heterocycles. The van der Waals surface area contributed by atoms with Gasteiger partial charge in [0, 0.05) is 24.8 Å². The summed E-state index contributed by atoms with van der Waals surface area (Å²) < 4.78 is 1.34. The molecule has 0 radical (unpaired) electrons. The van der Waals surface area contributed by atoms with E-state index >= 15 is 0 Å². The molecule has 1 N–H and O–H groups in total. The van der Waals surface area contributed by atoms with E-state index in [-0.39, 0.29) is 23.4 Å². The number of rotatable bonds is 4. The lowest BCUT2D eigenvalue weighted by Gasteiger charge is -2.32. The number of carbonyl (C=O) groups is 1. The lowest BCUT2D eigenvalue weighted by atomic mass is 9.96. The molecule has 0 saturated carbocycles. The van der Waals surface area contributed by atoms with E-state index in [1.807, 2.05) is 37.3 Å². The summed E-state index contributed by atoms with van der Waals surface area (Å²) in [6.07, 6.45) is 1.77. The van der Waals surface area contributed by atoms with Crippen LogP contribution in [0.3, 0.4) is 0 Å². The third kappa shape index (κ3) is 3.77. The van der Waals surface area contributed by atoms with Gasteiger partial charge in [0.15, 0.2) is 0 Å². The van der Waals surface area contributed by atoms with Gasteiger partial charge in [-0.15, -0.1) is 5.10 Å². The van der Waals surface area contributed by atoms with Crippen molar-refractivity contribution < 1.29 is 4.79 Å². The van der Waals surface area contributed by atoms with Crippen LogP contribution in [-0.4, -0.2) is 33.6 Å². The van der Waals surface area contributed by atoms with E-state index in [1.54, 1.807) is 6.92 Å². The molecule has 1 amide bonds. The molecule has 146 valence electrons. The first-order valence-electron chi connectivity index (χ1n) is 9.49. The van der Waals surface area contributed by atoms with E-state index in [9.17, 15) is 9.59 Å². The summed E-state index contributed by atoms with van der Waals surface area (Å²) in [5.41, 5.74) is 1.61. The van der Waals surface area contributed by atoms with Gasteiger partial charge in [0.1, 0.15) is 0 Å². The van der Waals surface area contributed by atoms with Crippen LogP contribution in [0.4, 0.5) is 5.13 Å². The number of aryl methyl sites for hydroxylation is 1. The monoisotopic (exact) mass is 397 g/mol. The Labute approximate surface area is 167 Å². The lowest BCUT2D eigenvalue weighted by Crippen LogP contribution is -2.43. The maximum Gasteiger partial charge on any atom is 0.275 e. The van der Waals surface area contributed by atoms with Crippen molar-refractivity contribution in [3.8, 4) is 0 Å². The van der Waals surface area contributed by atoms with Gasteiger partial charge < -0.3 is 10.2 Å². The molecule has 0 unspecified atom stereocenters. The van der Waals surface area contributed by atoms with Crippen LogP contribution in [0.15, 0.2) is 41.2 Å². The smallest absolute Gasteiger partial charge is 0.275 e. The SMILES string of the molecule is Cc1cc(=O)n2nc(N3CCC[C@@H](C(=O)N[C@@H](C)c4ccccc4)C3)sc2n1. The first kappa shape index (κ1) is 18.6. The molecule has 3 heterocycles. The molecule has 4 rings (SSSR count). The van der Waals surface area contributed by atoms with Crippen molar-refractivity contribution in [3.63, 3.8) is 0 Å². The summed E-state index contributed by atoms with van der Waals surface area (Å²) in [5, 5.41) is 8.30. The Balaban J connectivity index is 1.48. The number of fused-ring (bicyclic) bond motifs is 1. The normalized spacial score (nSPS) is 18.2. The van der Waals surface area contributed by atoms with E-state index < -0.39 is 0 Å². The van der Waals surface area contributed by atoms with Crippen LogP contribution in [0.5, 0.6) is 0 Å². The standard InChI is InChI=1S/C20H23N5O2S/c1-13-11-17(26)25-19(21-13)28-20(23-25)24-10-6-9-16(12-24)18(27)22-14(2)15-7-4-3-5-8-15/h3-5,7-8,11,14,16H,6,9-10,12H2,1-2H3,(H,22,27)/t14-,16+/m0/s1. The zero-order chi connectivity index (χ0) is 19.7. The number of amides is 1. The highest BCUT2D eigenvalue weighted by Gasteiger charge is 2.28. The van der Waals surface area contributed by atoms with E-state index in [4.69, 9.17) is 0 Å². The number of hydrogen-bond donors (Lipinski definition) is 1. The Morgan fingerprint density at radius 3 is 2.89 bits per heavy atom. The van der Waals surface area contributed by atoms with Crippen LogP contribution in [-0.2, 0) is 4.79 Å². The molecule has 2 atom stereocenters. The van der Waals surface area contributed by atoms with Gasteiger partial charge in [-0.05, 0) is 32.3 Å². The van der Waals surface area contributed by atoms with Crippen LogP contribution >= 0.6 is 11.3 Å². The van der Waals surface area contributed by atoms with Gasteiger partial charge in [-0.1, -0.05) is 41.7 Å². The molecule has 1 fully saturated rings. The third-order valence-corrected chi connectivity index (χ3v) is 6.05. The highest BCUT2D eigenvalue weighted by atomic mass is 32.1. The summed E-state index contributed by atoms with van der Waals surface area (Å²) in [7, 11) is 0. The first-order chi connectivity index (χ1) is 13.5. The van der Waals surface area contributed by atoms with Crippen LogP contribution in [0.25, 0.3) is 4.96 Å². The van der Waals surface area contributed by atoms with Crippen molar-refractivity contribution in [2.45, 2.75) is 32.7 Å². The number of carbonyl (C=O) groups excluding carboxylic acids is 1. The van der Waals surface area contributed by atoms with Crippen molar-refractivity contribution in [2.24, 2.45) is 5.92 Å². The molecule has 3 aromatic rings. The van der Waals surface area contributed by atoms with Gasteiger partial charge in [0.05, 0.1) is 12.0 Å². The fourth-order valence-corrected chi connectivity index (χ4v) is 4.55. The van der Waals surface area contributed by atoms with E-state index in [0.717, 1.165) is 30.1 Å². The molecule has 28 heavy (non-hydrogen) atoms. The molecule has 7 nitrogen and oxygen atoms in total. The fraction of sp³-hybridized carbons (Fsp3) is 0.400. The second-order valence-corrected chi connectivity index (χ2v) is 8.18. The quantitative estimate of drug-likeness (QED) is 0.732. The largest absolute Gasteiger partial charge is 0.349 e. The first-order valence-corrected chi connectivity index (χ1v) is 10.3. The van der Waals surface area contributed by atoms with E-state index in [2.05, 4.69) is 20.3 Å². The molecule has 0 aliphatic carbocycles. The Bertz CT molecular complexity index is 1050. The van der Waals surface area contributed by atoms with Crippen molar-refractivity contribution in [1.82, 2.24) is 19.9 Å².